The van der Waals surface area contributed by atoms with Gasteiger partial charge < -0.3 is 15.4 Å². The average molecular weight is 214 g/mol. The minimum absolute atomic E-state index is 0.230. The first-order chi connectivity index (χ1) is 7.24. The van der Waals surface area contributed by atoms with Gasteiger partial charge in [0.25, 0.3) is 0 Å². The van der Waals surface area contributed by atoms with Crippen molar-refractivity contribution in [1.29, 1.82) is 0 Å². The van der Waals surface area contributed by atoms with Crippen molar-refractivity contribution < 1.29 is 14.3 Å². The monoisotopic (exact) mass is 214 g/mol. The Morgan fingerprint density at radius 3 is 2.87 bits per heavy atom. The molecule has 0 aromatic heterocycles. The summed E-state index contributed by atoms with van der Waals surface area (Å²) in [7, 11) is 0. The van der Waals surface area contributed by atoms with Crippen LogP contribution in [0.4, 0.5) is 0 Å². The van der Waals surface area contributed by atoms with Crippen LogP contribution in [0.15, 0.2) is 0 Å². The van der Waals surface area contributed by atoms with Crippen LogP contribution in [0.2, 0.25) is 0 Å². The lowest BCUT2D eigenvalue weighted by molar-refractivity contribution is -0.154. The number of hydrogen-bond donors (Lipinski definition) is 2. The zero-order valence-corrected chi connectivity index (χ0v) is 9.04. The third-order valence-corrected chi connectivity index (χ3v) is 2.38. The molecule has 1 rings (SSSR count). The summed E-state index contributed by atoms with van der Waals surface area (Å²) in [6, 6.07) is 0.289. The van der Waals surface area contributed by atoms with Crippen molar-refractivity contribution in [2.24, 2.45) is 0 Å². The molecule has 0 saturated carbocycles. The number of esters is 1. The van der Waals surface area contributed by atoms with E-state index < -0.39 is 11.9 Å². The van der Waals surface area contributed by atoms with E-state index in [-0.39, 0.29) is 12.6 Å². The number of amides is 1. The molecule has 15 heavy (non-hydrogen) atoms. The van der Waals surface area contributed by atoms with Gasteiger partial charge in [-0.2, -0.15) is 0 Å². The number of hydrogen-bond acceptors (Lipinski definition) is 4. The summed E-state index contributed by atoms with van der Waals surface area (Å²) in [5.74, 6) is -1.45. The third kappa shape index (κ3) is 4.29. The van der Waals surface area contributed by atoms with E-state index in [9.17, 15) is 9.59 Å². The molecule has 1 aliphatic rings. The van der Waals surface area contributed by atoms with Crippen molar-refractivity contribution in [2.75, 3.05) is 19.7 Å². The predicted molar refractivity (Wildman–Crippen MR) is 55.3 cm³/mol. The summed E-state index contributed by atoms with van der Waals surface area (Å²) >= 11 is 0. The molecule has 0 radical (unpaired) electrons. The van der Waals surface area contributed by atoms with Gasteiger partial charge in [0.15, 0.2) is 0 Å². The second kappa shape index (κ2) is 6.40. The molecule has 1 fully saturated rings. The zero-order chi connectivity index (χ0) is 11.1. The summed E-state index contributed by atoms with van der Waals surface area (Å²) < 4.78 is 4.57. The van der Waals surface area contributed by atoms with Crippen LogP contribution in [-0.2, 0) is 14.3 Å². The standard InChI is InChI=1S/C10H18N2O3/c1-2-15-10(14)9(13)12-7-8-5-3-4-6-11-8/h8,11H,2-7H2,1H3,(H,12,13). The molecule has 0 bridgehead atoms. The number of nitrogens with one attached hydrogen (secondary N) is 2. The zero-order valence-electron chi connectivity index (χ0n) is 9.04. The van der Waals surface area contributed by atoms with Gasteiger partial charge in [0, 0.05) is 12.6 Å². The van der Waals surface area contributed by atoms with Crippen LogP contribution in [0.1, 0.15) is 26.2 Å². The Bertz CT molecular complexity index is 225. The summed E-state index contributed by atoms with van der Waals surface area (Å²) in [4.78, 5) is 22.1. The molecule has 0 aromatic carbocycles. The van der Waals surface area contributed by atoms with Crippen molar-refractivity contribution in [3.63, 3.8) is 0 Å². The highest BCUT2D eigenvalue weighted by Crippen LogP contribution is 2.05. The predicted octanol–water partition coefficient (Wildman–Crippen LogP) is -0.192. The maximum atomic E-state index is 11.2. The molecule has 0 aromatic rings. The fraction of sp³-hybridized carbons (Fsp3) is 0.800. The smallest absolute Gasteiger partial charge is 0.396 e. The molecular formula is C10H18N2O3. The lowest BCUT2D eigenvalue weighted by Crippen LogP contribution is -2.45. The molecule has 5 heteroatoms. The molecule has 5 nitrogen and oxygen atoms in total. The number of piperidine rings is 1. The SMILES string of the molecule is CCOC(=O)C(=O)NCC1CCCCN1. The molecular weight excluding hydrogens is 196 g/mol. The summed E-state index contributed by atoms with van der Waals surface area (Å²) in [6.07, 6.45) is 3.40. The van der Waals surface area contributed by atoms with Crippen LogP contribution in [0, 0.1) is 0 Å². The number of ether oxygens (including phenoxy) is 1. The van der Waals surface area contributed by atoms with Crippen LogP contribution >= 0.6 is 0 Å². The van der Waals surface area contributed by atoms with Crippen LogP contribution in [0.3, 0.4) is 0 Å². The first-order valence-electron chi connectivity index (χ1n) is 5.42. The lowest BCUT2D eigenvalue weighted by atomic mass is 10.1. The molecule has 0 spiro atoms. The Labute approximate surface area is 89.6 Å². The normalized spacial score (nSPS) is 20.7. The minimum atomic E-state index is -0.798. The molecule has 1 saturated heterocycles. The van der Waals surface area contributed by atoms with E-state index in [1.165, 1.54) is 12.8 Å². The van der Waals surface area contributed by atoms with Crippen LogP contribution in [-0.4, -0.2) is 37.6 Å². The van der Waals surface area contributed by atoms with E-state index in [2.05, 4.69) is 15.4 Å². The van der Waals surface area contributed by atoms with Crippen LogP contribution in [0.25, 0.3) is 0 Å². The second-order valence-electron chi connectivity index (χ2n) is 3.58. The van der Waals surface area contributed by atoms with Gasteiger partial charge in [-0.1, -0.05) is 6.42 Å². The van der Waals surface area contributed by atoms with Gasteiger partial charge >= 0.3 is 11.9 Å². The van der Waals surface area contributed by atoms with Crippen LogP contribution < -0.4 is 10.6 Å². The second-order valence-corrected chi connectivity index (χ2v) is 3.58. The number of carbonyl (C=O) groups is 2. The highest BCUT2D eigenvalue weighted by atomic mass is 16.5. The van der Waals surface area contributed by atoms with Crippen molar-refractivity contribution in [2.45, 2.75) is 32.2 Å². The van der Waals surface area contributed by atoms with E-state index in [0.29, 0.717) is 6.54 Å². The Kier molecular flexibility index (Phi) is 5.10. The summed E-state index contributed by atoms with van der Waals surface area (Å²) in [6.45, 7) is 3.39. The maximum Gasteiger partial charge on any atom is 0.396 e. The molecule has 2 N–H and O–H groups in total. The Hall–Kier alpha value is -1.10. The summed E-state index contributed by atoms with van der Waals surface area (Å²) in [5, 5.41) is 5.84. The first-order valence-corrected chi connectivity index (χ1v) is 5.42. The van der Waals surface area contributed by atoms with E-state index >= 15 is 0 Å². The van der Waals surface area contributed by atoms with Crippen molar-refractivity contribution in [3.8, 4) is 0 Å². The Balaban J connectivity index is 2.17. The molecule has 1 amide bonds. The Morgan fingerprint density at radius 1 is 1.47 bits per heavy atom. The quantitative estimate of drug-likeness (QED) is 0.504. The fourth-order valence-electron chi connectivity index (χ4n) is 1.58. The molecule has 1 aliphatic heterocycles. The van der Waals surface area contributed by atoms with Gasteiger partial charge in [-0.25, -0.2) is 4.79 Å². The van der Waals surface area contributed by atoms with E-state index in [4.69, 9.17) is 0 Å². The first kappa shape index (κ1) is 12.0. The topological polar surface area (TPSA) is 67.4 Å². The number of carbonyl (C=O) groups excluding carboxylic acids is 2. The van der Waals surface area contributed by atoms with Crippen molar-refractivity contribution >= 4 is 11.9 Å². The lowest BCUT2D eigenvalue weighted by Gasteiger charge is -2.23. The van der Waals surface area contributed by atoms with Crippen molar-refractivity contribution in [3.05, 3.63) is 0 Å². The molecule has 86 valence electrons. The van der Waals surface area contributed by atoms with Gasteiger partial charge in [-0.3, -0.25) is 4.79 Å². The van der Waals surface area contributed by atoms with Crippen molar-refractivity contribution in [1.82, 2.24) is 10.6 Å². The Morgan fingerprint density at radius 2 is 2.27 bits per heavy atom. The van der Waals surface area contributed by atoms with Crippen LogP contribution in [0.5, 0.6) is 0 Å². The third-order valence-electron chi connectivity index (χ3n) is 2.38. The van der Waals surface area contributed by atoms with E-state index in [0.717, 1.165) is 13.0 Å². The van der Waals surface area contributed by atoms with E-state index in [1.54, 1.807) is 6.92 Å². The largest absolute Gasteiger partial charge is 0.459 e. The highest BCUT2D eigenvalue weighted by molar-refractivity contribution is 6.32. The molecule has 0 aliphatic carbocycles. The van der Waals surface area contributed by atoms with Gasteiger partial charge in [-0.05, 0) is 26.3 Å². The highest BCUT2D eigenvalue weighted by Gasteiger charge is 2.17. The molecule has 1 heterocycles. The van der Waals surface area contributed by atoms with Gasteiger partial charge in [0.05, 0.1) is 6.61 Å². The molecule has 1 unspecified atom stereocenters. The molecule has 1 atom stereocenters. The van der Waals surface area contributed by atoms with E-state index in [1.807, 2.05) is 0 Å². The number of rotatable bonds is 3. The average Bonchev–Trinajstić information content (AvgIpc) is 2.27. The van der Waals surface area contributed by atoms with Gasteiger partial charge in [0.1, 0.15) is 0 Å². The van der Waals surface area contributed by atoms with Gasteiger partial charge in [-0.15, -0.1) is 0 Å². The minimum Gasteiger partial charge on any atom is -0.459 e. The summed E-state index contributed by atoms with van der Waals surface area (Å²) in [5.41, 5.74) is 0. The maximum absolute atomic E-state index is 11.2. The fourth-order valence-corrected chi connectivity index (χ4v) is 1.58. The van der Waals surface area contributed by atoms with Gasteiger partial charge in [0.2, 0.25) is 0 Å².